The third-order valence-electron chi connectivity index (χ3n) is 4.16. The van der Waals surface area contributed by atoms with E-state index in [0.29, 0.717) is 11.1 Å². The lowest BCUT2D eigenvalue weighted by atomic mass is 9.95. The summed E-state index contributed by atoms with van der Waals surface area (Å²) in [6, 6.07) is 9.78. The summed E-state index contributed by atoms with van der Waals surface area (Å²) in [6.07, 6.45) is 3.35. The maximum absolute atomic E-state index is 11.8. The lowest BCUT2D eigenvalue weighted by Gasteiger charge is -2.15. The summed E-state index contributed by atoms with van der Waals surface area (Å²) in [5.74, 6) is -2.73. The van der Waals surface area contributed by atoms with Gasteiger partial charge >= 0.3 is 11.9 Å². The van der Waals surface area contributed by atoms with Crippen LogP contribution in [0.15, 0.2) is 48.0 Å². The highest BCUT2D eigenvalue weighted by atomic mass is 16.5. The first-order valence-electron chi connectivity index (χ1n) is 8.56. The van der Waals surface area contributed by atoms with Gasteiger partial charge in [-0.05, 0) is 43.5 Å². The average Bonchev–Trinajstić information content (AvgIpc) is 2.64. The van der Waals surface area contributed by atoms with Crippen LogP contribution in [0, 0.1) is 0 Å². The van der Waals surface area contributed by atoms with Gasteiger partial charge in [0.25, 0.3) is 0 Å². The minimum absolute atomic E-state index is 0.0454. The summed E-state index contributed by atoms with van der Waals surface area (Å²) in [5.41, 5.74) is 1.33. The number of aromatic carboxylic acids is 1. The van der Waals surface area contributed by atoms with Crippen molar-refractivity contribution < 1.29 is 29.6 Å². The van der Waals surface area contributed by atoms with E-state index in [1.165, 1.54) is 19.3 Å². The molecular weight excluding hydrogens is 360 g/mol. The van der Waals surface area contributed by atoms with Crippen LogP contribution in [0.4, 0.5) is 0 Å². The summed E-state index contributed by atoms with van der Waals surface area (Å²) in [6.45, 7) is 3.77. The van der Waals surface area contributed by atoms with Gasteiger partial charge < -0.3 is 20.1 Å². The molecule has 0 unspecified atom stereocenters. The van der Waals surface area contributed by atoms with E-state index in [4.69, 9.17) is 4.74 Å². The van der Waals surface area contributed by atoms with E-state index >= 15 is 0 Å². The van der Waals surface area contributed by atoms with E-state index in [2.05, 4.69) is 0 Å². The smallest absolute Gasteiger partial charge is 0.340 e. The summed E-state index contributed by atoms with van der Waals surface area (Å²) < 4.78 is 5.32. The molecule has 0 saturated heterocycles. The Hall–Kier alpha value is -3.54. The second kappa shape index (κ2) is 8.90. The summed E-state index contributed by atoms with van der Waals surface area (Å²) in [4.78, 5) is 23.6. The molecule has 0 heterocycles. The van der Waals surface area contributed by atoms with Crippen molar-refractivity contribution in [2.45, 2.75) is 20.3 Å². The fraction of sp³-hybridized carbons (Fsp3) is 0.182. The number of rotatable bonds is 7. The van der Waals surface area contributed by atoms with E-state index in [1.807, 2.05) is 19.9 Å². The summed E-state index contributed by atoms with van der Waals surface area (Å²) in [7, 11) is 1.41. The first-order valence-corrected chi connectivity index (χ1v) is 8.56. The standard InChI is InChI=1S/C22H22O6/c1-13(2)9-10-16-18(28-3)12-15(19(20(16)23)22(26)27)11-17(21(24)25)14-7-5-4-6-8-14/h4-9,11-12,23H,10H2,1-3H3,(H,24,25)(H,26,27). The topological polar surface area (TPSA) is 104 Å². The van der Waals surface area contributed by atoms with Gasteiger partial charge in [-0.2, -0.15) is 0 Å². The van der Waals surface area contributed by atoms with Crippen LogP contribution in [-0.4, -0.2) is 34.4 Å². The van der Waals surface area contributed by atoms with Crippen molar-refractivity contribution in [3.05, 3.63) is 70.3 Å². The molecule has 0 amide bonds. The number of allylic oxidation sites excluding steroid dienone is 2. The third-order valence-corrected chi connectivity index (χ3v) is 4.16. The molecule has 0 aromatic heterocycles. The van der Waals surface area contributed by atoms with E-state index in [9.17, 15) is 24.9 Å². The highest BCUT2D eigenvalue weighted by Gasteiger charge is 2.23. The fourth-order valence-electron chi connectivity index (χ4n) is 2.77. The molecule has 2 aromatic carbocycles. The van der Waals surface area contributed by atoms with Gasteiger partial charge in [0.1, 0.15) is 17.1 Å². The van der Waals surface area contributed by atoms with Gasteiger partial charge in [-0.15, -0.1) is 0 Å². The van der Waals surface area contributed by atoms with E-state index < -0.39 is 17.7 Å². The van der Waals surface area contributed by atoms with Crippen LogP contribution in [0.2, 0.25) is 0 Å². The predicted molar refractivity (Wildman–Crippen MR) is 107 cm³/mol. The summed E-state index contributed by atoms with van der Waals surface area (Å²) in [5, 5.41) is 29.9. The number of aromatic hydroxyl groups is 1. The molecule has 0 aliphatic heterocycles. The molecule has 6 nitrogen and oxygen atoms in total. The molecule has 0 spiro atoms. The average molecular weight is 382 g/mol. The van der Waals surface area contributed by atoms with Crippen LogP contribution >= 0.6 is 0 Å². The Bertz CT molecular complexity index is 951. The van der Waals surface area contributed by atoms with Crippen LogP contribution in [-0.2, 0) is 11.2 Å². The van der Waals surface area contributed by atoms with Gasteiger partial charge in [-0.1, -0.05) is 42.0 Å². The van der Waals surface area contributed by atoms with Gasteiger partial charge in [-0.3, -0.25) is 0 Å². The SMILES string of the molecule is COc1cc(C=C(C(=O)O)c2ccccc2)c(C(=O)O)c(O)c1CC=C(C)C. The second-order valence-electron chi connectivity index (χ2n) is 6.39. The molecule has 3 N–H and O–H groups in total. The molecule has 0 saturated carbocycles. The quantitative estimate of drug-likeness (QED) is 0.376. The molecule has 6 heteroatoms. The number of carbonyl (C=O) groups is 2. The number of carboxylic acid groups (broad SMARTS) is 2. The van der Waals surface area contributed by atoms with Gasteiger partial charge in [0, 0.05) is 5.56 Å². The Morgan fingerprint density at radius 2 is 1.75 bits per heavy atom. The van der Waals surface area contributed by atoms with Crippen molar-refractivity contribution in [3.63, 3.8) is 0 Å². The van der Waals surface area contributed by atoms with Crippen molar-refractivity contribution in [2.24, 2.45) is 0 Å². The van der Waals surface area contributed by atoms with E-state index in [0.717, 1.165) is 5.57 Å². The van der Waals surface area contributed by atoms with Gasteiger partial charge in [0.05, 0.1) is 12.7 Å². The Kier molecular flexibility index (Phi) is 6.60. The third kappa shape index (κ3) is 4.59. The Labute approximate surface area is 163 Å². The lowest BCUT2D eigenvalue weighted by molar-refractivity contribution is -0.130. The van der Waals surface area contributed by atoms with Gasteiger partial charge in [0.15, 0.2) is 0 Å². The molecule has 0 aliphatic carbocycles. The zero-order chi connectivity index (χ0) is 20.8. The number of aliphatic carboxylic acids is 1. The Morgan fingerprint density at radius 3 is 2.25 bits per heavy atom. The molecule has 28 heavy (non-hydrogen) atoms. The van der Waals surface area contributed by atoms with Crippen LogP contribution in [0.3, 0.4) is 0 Å². The van der Waals surface area contributed by atoms with Crippen LogP contribution in [0.5, 0.6) is 11.5 Å². The molecule has 0 radical (unpaired) electrons. The zero-order valence-corrected chi connectivity index (χ0v) is 15.9. The maximum atomic E-state index is 11.8. The number of hydrogen-bond acceptors (Lipinski definition) is 4. The highest BCUT2D eigenvalue weighted by Crippen LogP contribution is 2.37. The minimum atomic E-state index is -1.36. The Balaban J connectivity index is 2.75. The zero-order valence-electron chi connectivity index (χ0n) is 15.9. The van der Waals surface area contributed by atoms with Crippen LogP contribution < -0.4 is 4.74 Å². The molecular formula is C22H22O6. The normalized spacial score (nSPS) is 11.0. The van der Waals surface area contributed by atoms with Crippen LogP contribution in [0.1, 0.15) is 40.9 Å². The first kappa shape index (κ1) is 20.8. The van der Waals surface area contributed by atoms with Gasteiger partial charge in [-0.25, -0.2) is 9.59 Å². The number of benzene rings is 2. The number of methoxy groups -OCH3 is 1. The fourth-order valence-corrected chi connectivity index (χ4v) is 2.77. The molecule has 2 rings (SSSR count). The van der Waals surface area contributed by atoms with Crippen molar-refractivity contribution >= 4 is 23.6 Å². The van der Waals surface area contributed by atoms with E-state index in [-0.39, 0.29) is 28.9 Å². The van der Waals surface area contributed by atoms with Crippen LogP contribution in [0.25, 0.3) is 11.6 Å². The van der Waals surface area contributed by atoms with Crippen molar-refractivity contribution in [1.82, 2.24) is 0 Å². The predicted octanol–water partition coefficient (Wildman–Crippen LogP) is 4.23. The molecule has 0 bridgehead atoms. The maximum Gasteiger partial charge on any atom is 0.340 e. The van der Waals surface area contributed by atoms with Crippen molar-refractivity contribution in [3.8, 4) is 11.5 Å². The molecule has 0 fully saturated rings. The monoisotopic (exact) mass is 382 g/mol. The number of phenols is 1. The number of carboxylic acids is 2. The van der Waals surface area contributed by atoms with Gasteiger partial charge in [0.2, 0.25) is 0 Å². The van der Waals surface area contributed by atoms with Crippen molar-refractivity contribution in [2.75, 3.05) is 7.11 Å². The first-order chi connectivity index (χ1) is 13.3. The van der Waals surface area contributed by atoms with E-state index in [1.54, 1.807) is 30.3 Å². The highest BCUT2D eigenvalue weighted by molar-refractivity contribution is 6.21. The molecule has 2 aromatic rings. The lowest BCUT2D eigenvalue weighted by Crippen LogP contribution is -2.06. The minimum Gasteiger partial charge on any atom is -0.507 e. The molecule has 0 atom stereocenters. The second-order valence-corrected chi connectivity index (χ2v) is 6.39. The summed E-state index contributed by atoms with van der Waals surface area (Å²) >= 11 is 0. The number of hydrogen-bond donors (Lipinski definition) is 3. The largest absolute Gasteiger partial charge is 0.507 e. The Morgan fingerprint density at radius 1 is 1.11 bits per heavy atom. The molecule has 0 aliphatic rings. The van der Waals surface area contributed by atoms with Crippen molar-refractivity contribution in [1.29, 1.82) is 0 Å². The number of ether oxygens (including phenoxy) is 1. The molecule has 146 valence electrons.